The number of benzene rings is 1. The van der Waals surface area contributed by atoms with Crippen LogP contribution in [0.15, 0.2) is 65.7 Å². The van der Waals surface area contributed by atoms with E-state index in [1.807, 2.05) is 13.8 Å². The molecule has 182 valence electrons. The highest BCUT2D eigenvalue weighted by Gasteiger charge is 2.33. The summed E-state index contributed by atoms with van der Waals surface area (Å²) >= 11 is 0. The van der Waals surface area contributed by atoms with E-state index in [2.05, 4.69) is 15.3 Å². The summed E-state index contributed by atoms with van der Waals surface area (Å²) in [5, 5.41) is 2.94. The molecule has 0 saturated carbocycles. The molecule has 0 spiro atoms. The number of alkyl halides is 3. The van der Waals surface area contributed by atoms with E-state index in [1.54, 1.807) is 30.5 Å². The molecule has 1 aromatic carbocycles. The van der Waals surface area contributed by atoms with E-state index in [0.29, 0.717) is 30.8 Å². The molecule has 1 N–H and O–H groups in total. The molecule has 0 bridgehead atoms. The number of hydrogen-bond donors (Lipinski definition) is 1. The summed E-state index contributed by atoms with van der Waals surface area (Å²) in [4.78, 5) is 8.33. The van der Waals surface area contributed by atoms with Gasteiger partial charge in [0.15, 0.2) is 0 Å². The number of aliphatic imine (C=N–C) groups is 1. The Hall–Kier alpha value is -3.00. The van der Waals surface area contributed by atoms with E-state index >= 15 is 0 Å². The first-order chi connectivity index (χ1) is 16.2. The number of anilines is 1. The number of aromatic nitrogens is 1. The van der Waals surface area contributed by atoms with Crippen LogP contribution >= 0.6 is 0 Å². The van der Waals surface area contributed by atoms with Gasteiger partial charge in [-0.25, -0.2) is 9.38 Å². The van der Waals surface area contributed by atoms with Gasteiger partial charge in [0.05, 0.1) is 11.7 Å². The summed E-state index contributed by atoms with van der Waals surface area (Å²) in [6.45, 7) is 4.52. The normalized spacial score (nSPS) is 14.4. The van der Waals surface area contributed by atoms with Gasteiger partial charge in [-0.3, -0.25) is 4.98 Å². The van der Waals surface area contributed by atoms with E-state index < -0.39 is 17.6 Å². The number of nitrogens with one attached hydrogen (secondary N) is 1. The largest absolute Gasteiger partial charge is 0.416 e. The van der Waals surface area contributed by atoms with Crippen LogP contribution in [-0.2, 0) is 17.3 Å². The summed E-state index contributed by atoms with van der Waals surface area (Å²) in [5.74, 6) is -0.191. The summed E-state index contributed by atoms with van der Waals surface area (Å²) in [6, 6.07) is 7.54. The standard InChI is InChI=1S/C26H29F4N3O/c1-18(2)34-15-5-3-4-8-19-12-13-21(16-22(19)26(28,29)30)32-24-11-6-10-23(27)25(33-24)20-9-7-14-31-17-20/h6-7,9-10,12-14,16-18H,3-5,8,11,15H2,1-2H3,(H,32,33). The van der Waals surface area contributed by atoms with Gasteiger partial charge in [-0.15, -0.1) is 0 Å². The molecule has 1 aliphatic heterocycles. The Morgan fingerprint density at radius 1 is 1.12 bits per heavy atom. The van der Waals surface area contributed by atoms with Crippen molar-refractivity contribution in [3.63, 3.8) is 0 Å². The number of halogens is 4. The van der Waals surface area contributed by atoms with Crippen LogP contribution in [0.2, 0.25) is 0 Å². The van der Waals surface area contributed by atoms with E-state index in [1.165, 1.54) is 18.3 Å². The minimum Gasteiger partial charge on any atom is -0.379 e. The fourth-order valence-electron chi connectivity index (χ4n) is 3.59. The fraction of sp³-hybridized carbons (Fsp3) is 0.385. The fourth-order valence-corrected chi connectivity index (χ4v) is 3.59. The molecule has 0 aliphatic carbocycles. The van der Waals surface area contributed by atoms with Crippen LogP contribution < -0.4 is 5.32 Å². The first-order valence-corrected chi connectivity index (χ1v) is 11.4. The molecule has 0 radical (unpaired) electrons. The highest BCUT2D eigenvalue weighted by molar-refractivity contribution is 6.00. The van der Waals surface area contributed by atoms with Crippen molar-refractivity contribution >= 4 is 17.2 Å². The van der Waals surface area contributed by atoms with Crippen LogP contribution in [0.1, 0.15) is 56.2 Å². The molecule has 2 heterocycles. The molecule has 1 aliphatic rings. The molecular weight excluding hydrogens is 446 g/mol. The lowest BCUT2D eigenvalue weighted by molar-refractivity contribution is -0.138. The Labute approximate surface area is 197 Å². The van der Waals surface area contributed by atoms with Crippen LogP contribution in [0.3, 0.4) is 0 Å². The van der Waals surface area contributed by atoms with E-state index in [4.69, 9.17) is 4.74 Å². The number of aryl methyl sites for hydroxylation is 1. The van der Waals surface area contributed by atoms with Crippen molar-refractivity contribution in [1.82, 2.24) is 4.98 Å². The molecule has 2 aromatic rings. The second kappa shape index (κ2) is 11.9. The molecule has 0 saturated heterocycles. The highest BCUT2D eigenvalue weighted by atomic mass is 19.4. The van der Waals surface area contributed by atoms with Gasteiger partial charge in [-0.05, 0) is 69.0 Å². The molecule has 0 amide bonds. The van der Waals surface area contributed by atoms with Gasteiger partial charge < -0.3 is 10.1 Å². The minimum absolute atomic E-state index is 0.0819. The van der Waals surface area contributed by atoms with Crippen molar-refractivity contribution in [3.05, 3.63) is 77.4 Å². The first kappa shape index (κ1) is 25.6. The maximum atomic E-state index is 14.5. The first-order valence-electron chi connectivity index (χ1n) is 11.4. The zero-order valence-electron chi connectivity index (χ0n) is 19.3. The van der Waals surface area contributed by atoms with Gasteiger partial charge in [0.1, 0.15) is 17.4 Å². The molecular formula is C26H29F4N3O. The SMILES string of the molecule is CC(C)OCCCCCc1ccc(NC2=NC(c3cccnc3)=C(F)C=CC2)cc1C(F)(F)F. The highest BCUT2D eigenvalue weighted by Crippen LogP contribution is 2.35. The van der Waals surface area contributed by atoms with Crippen LogP contribution in [0.25, 0.3) is 5.70 Å². The lowest BCUT2D eigenvalue weighted by Gasteiger charge is -2.16. The van der Waals surface area contributed by atoms with Crippen molar-refractivity contribution in [2.45, 2.75) is 58.2 Å². The Morgan fingerprint density at radius 3 is 2.65 bits per heavy atom. The van der Waals surface area contributed by atoms with Crippen LogP contribution in [0.4, 0.5) is 23.2 Å². The number of rotatable bonds is 9. The minimum atomic E-state index is -4.48. The van der Waals surface area contributed by atoms with Crippen molar-refractivity contribution < 1.29 is 22.3 Å². The molecule has 3 rings (SSSR count). The second-order valence-corrected chi connectivity index (χ2v) is 8.33. The zero-order valence-corrected chi connectivity index (χ0v) is 19.3. The number of unbranched alkanes of at least 4 members (excludes halogenated alkanes) is 2. The third-order valence-electron chi connectivity index (χ3n) is 5.23. The van der Waals surface area contributed by atoms with E-state index in [0.717, 1.165) is 18.9 Å². The third kappa shape index (κ3) is 7.52. The van der Waals surface area contributed by atoms with Crippen molar-refractivity contribution in [2.24, 2.45) is 4.99 Å². The van der Waals surface area contributed by atoms with Crippen LogP contribution in [0, 0.1) is 0 Å². The summed E-state index contributed by atoms with van der Waals surface area (Å²) in [7, 11) is 0. The zero-order chi connectivity index (χ0) is 24.6. The second-order valence-electron chi connectivity index (χ2n) is 8.33. The molecule has 8 heteroatoms. The lowest BCUT2D eigenvalue weighted by Crippen LogP contribution is -2.14. The van der Waals surface area contributed by atoms with E-state index in [-0.39, 0.29) is 29.5 Å². The maximum absolute atomic E-state index is 14.5. The predicted molar refractivity (Wildman–Crippen MR) is 127 cm³/mol. The van der Waals surface area contributed by atoms with Gasteiger partial charge in [-0.1, -0.05) is 18.6 Å². The Kier molecular flexibility index (Phi) is 8.98. The van der Waals surface area contributed by atoms with Crippen molar-refractivity contribution in [2.75, 3.05) is 11.9 Å². The number of ether oxygens (including phenoxy) is 1. The van der Waals surface area contributed by atoms with Gasteiger partial charge in [0.2, 0.25) is 0 Å². The quantitative estimate of drug-likeness (QED) is 0.305. The van der Waals surface area contributed by atoms with Crippen LogP contribution in [-0.4, -0.2) is 23.5 Å². The molecule has 1 aromatic heterocycles. The smallest absolute Gasteiger partial charge is 0.379 e. The summed E-state index contributed by atoms with van der Waals surface area (Å²) in [6.07, 6.45) is 4.44. The Bertz CT molecular complexity index is 1040. The third-order valence-corrected chi connectivity index (χ3v) is 5.23. The monoisotopic (exact) mass is 475 g/mol. The Morgan fingerprint density at radius 2 is 1.94 bits per heavy atom. The number of hydrogen-bond acceptors (Lipinski definition) is 4. The molecule has 0 atom stereocenters. The molecule has 0 unspecified atom stereocenters. The number of amidine groups is 1. The number of allylic oxidation sites excluding steroid dienone is 2. The van der Waals surface area contributed by atoms with Gasteiger partial charge in [0.25, 0.3) is 0 Å². The number of pyridine rings is 1. The number of nitrogens with zero attached hydrogens (tertiary/aromatic N) is 2. The average Bonchev–Trinajstić information content (AvgIpc) is 2.97. The average molecular weight is 476 g/mol. The predicted octanol–water partition coefficient (Wildman–Crippen LogP) is 7.35. The van der Waals surface area contributed by atoms with Gasteiger partial charge >= 0.3 is 6.18 Å². The van der Waals surface area contributed by atoms with Gasteiger partial charge in [-0.2, -0.15) is 13.2 Å². The van der Waals surface area contributed by atoms with Gasteiger partial charge in [0, 0.05) is 36.7 Å². The molecule has 0 fully saturated rings. The lowest BCUT2D eigenvalue weighted by atomic mass is 10.00. The molecule has 34 heavy (non-hydrogen) atoms. The summed E-state index contributed by atoms with van der Waals surface area (Å²) < 4.78 is 61.3. The van der Waals surface area contributed by atoms with Crippen LogP contribution in [0.5, 0.6) is 0 Å². The maximum Gasteiger partial charge on any atom is 0.416 e. The van der Waals surface area contributed by atoms with Crippen molar-refractivity contribution in [1.29, 1.82) is 0 Å². The topological polar surface area (TPSA) is 46.5 Å². The summed E-state index contributed by atoms with van der Waals surface area (Å²) in [5.41, 5.74) is 0.401. The Balaban J connectivity index is 1.74. The molecule has 4 nitrogen and oxygen atoms in total. The van der Waals surface area contributed by atoms with Crippen molar-refractivity contribution in [3.8, 4) is 0 Å². The van der Waals surface area contributed by atoms with E-state index in [9.17, 15) is 17.6 Å².